The van der Waals surface area contributed by atoms with Gasteiger partial charge in [-0.15, -0.1) is 0 Å². The van der Waals surface area contributed by atoms with Gasteiger partial charge in [-0.05, 0) is 157 Å². The third kappa shape index (κ3) is 13.1. The number of sulfone groups is 1. The molecule has 0 aliphatic heterocycles. The first-order valence-electron chi connectivity index (χ1n) is 21.9. The van der Waals surface area contributed by atoms with Gasteiger partial charge in [-0.3, -0.25) is 0 Å². The van der Waals surface area contributed by atoms with Crippen LogP contribution in [0.1, 0.15) is 91.2 Å². The molecule has 9 heteroatoms. The van der Waals surface area contributed by atoms with Crippen molar-refractivity contribution in [3.63, 3.8) is 0 Å². The lowest BCUT2D eigenvalue weighted by Crippen LogP contribution is -2.10. The number of phenolic OH excluding ortho intramolecular Hbond substituents is 2. The van der Waals surface area contributed by atoms with Crippen LogP contribution in [0.5, 0.6) is 34.5 Å². The Labute approximate surface area is 374 Å². The van der Waals surface area contributed by atoms with Crippen molar-refractivity contribution in [1.29, 1.82) is 0 Å². The molecule has 0 amide bonds. The highest BCUT2D eigenvalue weighted by molar-refractivity contribution is 7.91. The Morgan fingerprint density at radius 2 is 0.698 bits per heavy atom. The van der Waals surface area contributed by atoms with E-state index in [1.165, 1.54) is 35.4 Å². The van der Waals surface area contributed by atoms with Crippen molar-refractivity contribution in [2.75, 3.05) is 26.4 Å². The van der Waals surface area contributed by atoms with Crippen LogP contribution in [0.15, 0.2) is 143 Å². The average Bonchev–Trinajstić information content (AvgIpc) is 3.26. The first-order chi connectivity index (χ1) is 30.1. The largest absolute Gasteiger partial charge is 0.508 e. The van der Waals surface area contributed by atoms with E-state index in [9.17, 15) is 18.6 Å². The zero-order valence-corrected chi connectivity index (χ0v) is 38.3. The molecule has 0 aromatic heterocycles. The maximum atomic E-state index is 14.8. The fourth-order valence-corrected chi connectivity index (χ4v) is 8.81. The highest BCUT2D eigenvalue weighted by Crippen LogP contribution is 2.40. The van der Waals surface area contributed by atoms with Gasteiger partial charge in [-0.1, -0.05) is 90.1 Å². The van der Waals surface area contributed by atoms with E-state index in [1.54, 1.807) is 60.7 Å². The SMILES string of the molecule is CC(C)(C)c1ccc(OCCCCCOc2ccc(S(=O)(=O)c3ccc(OCCCCCOc4ccc(C(C)(C)C)cc4)cc3-c3ccc(O)cc3)c(-c3ccc(O)cc3)c2)cc1. The summed E-state index contributed by atoms with van der Waals surface area (Å²) < 4.78 is 53.9. The van der Waals surface area contributed by atoms with E-state index >= 15 is 0 Å². The highest BCUT2D eigenvalue weighted by atomic mass is 32.2. The molecule has 0 unspecified atom stereocenters. The molecule has 0 fully saturated rings. The van der Waals surface area contributed by atoms with Crippen LogP contribution in [-0.4, -0.2) is 45.1 Å². The summed E-state index contributed by atoms with van der Waals surface area (Å²) in [6, 6.07) is 39.5. The molecule has 63 heavy (non-hydrogen) atoms. The lowest BCUT2D eigenvalue weighted by Gasteiger charge is -2.19. The second kappa shape index (κ2) is 21.0. The summed E-state index contributed by atoms with van der Waals surface area (Å²) >= 11 is 0. The van der Waals surface area contributed by atoms with Gasteiger partial charge in [0.05, 0.1) is 36.2 Å². The Bertz CT molecular complexity index is 2310. The van der Waals surface area contributed by atoms with Crippen LogP contribution < -0.4 is 18.9 Å². The van der Waals surface area contributed by atoms with Crippen molar-refractivity contribution >= 4 is 9.84 Å². The molecule has 6 aromatic carbocycles. The maximum absolute atomic E-state index is 14.8. The van der Waals surface area contributed by atoms with Gasteiger partial charge in [0.25, 0.3) is 0 Å². The molecule has 0 aliphatic rings. The third-order valence-corrected chi connectivity index (χ3v) is 12.8. The first-order valence-corrected chi connectivity index (χ1v) is 23.4. The number of hydrogen-bond donors (Lipinski definition) is 2. The molecule has 0 saturated heterocycles. The van der Waals surface area contributed by atoms with E-state index in [1.807, 2.05) is 24.3 Å². The molecule has 0 heterocycles. The standard InChI is InChI=1S/C54H62O8S/c1-53(2,3)41-17-25-45(26-18-41)59-33-9-7-11-35-61-47-29-31-51(49(37-47)39-13-21-43(55)22-14-39)63(57,58)52-32-30-48(38-50(52)40-15-23-44(56)24-16-40)62-36-12-8-10-34-60-46-27-19-42(20-28-46)54(4,5)6/h13-32,37-38,55-56H,7-12,33-36H2,1-6H3. The number of benzene rings is 6. The Kier molecular flexibility index (Phi) is 15.5. The maximum Gasteiger partial charge on any atom is 0.207 e. The summed E-state index contributed by atoms with van der Waals surface area (Å²) in [5.74, 6) is 2.94. The Hall–Kier alpha value is -5.93. The molecule has 8 nitrogen and oxygen atoms in total. The zero-order valence-electron chi connectivity index (χ0n) is 37.5. The molecule has 0 bridgehead atoms. The summed E-state index contributed by atoms with van der Waals surface area (Å²) in [6.45, 7) is 15.3. The van der Waals surface area contributed by atoms with Gasteiger partial charge < -0.3 is 29.2 Å². The predicted octanol–water partition coefficient (Wildman–Crippen LogP) is 13.1. The molecular formula is C54H62O8S. The minimum Gasteiger partial charge on any atom is -0.508 e. The van der Waals surface area contributed by atoms with Gasteiger partial charge in [-0.2, -0.15) is 0 Å². The third-order valence-electron chi connectivity index (χ3n) is 10.9. The van der Waals surface area contributed by atoms with Gasteiger partial charge in [0.1, 0.15) is 34.5 Å². The topological polar surface area (TPSA) is 112 Å². The Morgan fingerprint density at radius 1 is 0.397 bits per heavy atom. The number of ether oxygens (including phenoxy) is 4. The fourth-order valence-electron chi connectivity index (χ4n) is 7.14. The van der Waals surface area contributed by atoms with Gasteiger partial charge in [-0.25, -0.2) is 8.42 Å². The van der Waals surface area contributed by atoms with Crippen LogP contribution in [-0.2, 0) is 20.7 Å². The van der Waals surface area contributed by atoms with E-state index in [4.69, 9.17) is 18.9 Å². The molecule has 0 saturated carbocycles. The Balaban J connectivity index is 1.11. The van der Waals surface area contributed by atoms with E-state index in [0.717, 1.165) is 50.0 Å². The summed E-state index contributed by atoms with van der Waals surface area (Å²) in [4.78, 5) is 0.184. The van der Waals surface area contributed by atoms with Crippen molar-refractivity contribution in [2.24, 2.45) is 0 Å². The molecule has 0 spiro atoms. The number of hydrogen-bond acceptors (Lipinski definition) is 8. The van der Waals surface area contributed by atoms with Crippen molar-refractivity contribution < 1.29 is 37.6 Å². The minimum atomic E-state index is -4.15. The number of phenols is 2. The molecule has 332 valence electrons. The highest BCUT2D eigenvalue weighted by Gasteiger charge is 2.27. The van der Waals surface area contributed by atoms with Crippen LogP contribution in [0.4, 0.5) is 0 Å². The minimum absolute atomic E-state index is 0.0712. The van der Waals surface area contributed by atoms with Crippen molar-refractivity contribution in [1.82, 2.24) is 0 Å². The van der Waals surface area contributed by atoms with E-state index in [0.29, 0.717) is 60.2 Å². The monoisotopic (exact) mass is 870 g/mol. The smallest absolute Gasteiger partial charge is 0.207 e. The van der Waals surface area contributed by atoms with E-state index < -0.39 is 9.84 Å². The van der Waals surface area contributed by atoms with E-state index in [2.05, 4.69) is 65.8 Å². The van der Waals surface area contributed by atoms with Gasteiger partial charge in [0, 0.05) is 11.1 Å². The molecule has 0 aliphatic carbocycles. The van der Waals surface area contributed by atoms with Crippen molar-refractivity contribution in [3.05, 3.63) is 145 Å². The molecular weight excluding hydrogens is 809 g/mol. The average molecular weight is 871 g/mol. The van der Waals surface area contributed by atoms with Crippen LogP contribution in [0.3, 0.4) is 0 Å². The number of aromatic hydroxyl groups is 2. The number of unbranched alkanes of at least 4 members (excludes halogenated alkanes) is 4. The van der Waals surface area contributed by atoms with Gasteiger partial charge in [0.15, 0.2) is 0 Å². The van der Waals surface area contributed by atoms with E-state index in [-0.39, 0.29) is 32.1 Å². The molecule has 0 atom stereocenters. The summed E-state index contributed by atoms with van der Waals surface area (Å²) in [7, 11) is -4.15. The van der Waals surface area contributed by atoms with Crippen molar-refractivity contribution in [3.8, 4) is 56.8 Å². The van der Waals surface area contributed by atoms with Crippen LogP contribution in [0.2, 0.25) is 0 Å². The van der Waals surface area contributed by atoms with Crippen LogP contribution in [0, 0.1) is 0 Å². The second-order valence-electron chi connectivity index (χ2n) is 18.0. The molecule has 6 rings (SSSR count). The lowest BCUT2D eigenvalue weighted by atomic mass is 9.87. The van der Waals surface area contributed by atoms with Crippen molar-refractivity contribution in [2.45, 2.75) is 101 Å². The normalized spacial score (nSPS) is 11.9. The second-order valence-corrected chi connectivity index (χ2v) is 19.9. The predicted molar refractivity (Wildman–Crippen MR) is 253 cm³/mol. The van der Waals surface area contributed by atoms with Gasteiger partial charge >= 0.3 is 0 Å². The summed E-state index contributed by atoms with van der Waals surface area (Å²) in [6.07, 6.45) is 5.15. The first kappa shape index (κ1) is 46.6. The zero-order chi connectivity index (χ0) is 45.0. The summed E-state index contributed by atoms with van der Waals surface area (Å²) in [5.41, 5.74) is 4.83. The quantitative estimate of drug-likeness (QED) is 0.0730. The number of rotatable bonds is 20. The molecule has 6 aromatic rings. The molecule has 0 radical (unpaired) electrons. The lowest BCUT2D eigenvalue weighted by molar-refractivity contribution is 0.279. The molecule has 2 N–H and O–H groups in total. The fraction of sp³-hybridized carbons (Fsp3) is 0.333. The van der Waals surface area contributed by atoms with Crippen LogP contribution >= 0.6 is 0 Å². The summed E-state index contributed by atoms with van der Waals surface area (Å²) in [5, 5.41) is 20.2. The van der Waals surface area contributed by atoms with Crippen LogP contribution in [0.25, 0.3) is 22.3 Å². The van der Waals surface area contributed by atoms with Gasteiger partial charge in [0.2, 0.25) is 9.84 Å². The Morgan fingerprint density at radius 3 is 1.02 bits per heavy atom.